The molecule has 0 bridgehead atoms. The van der Waals surface area contributed by atoms with Crippen LogP contribution in [0.5, 0.6) is 0 Å². The summed E-state index contributed by atoms with van der Waals surface area (Å²) < 4.78 is 0. The molecule has 0 radical (unpaired) electrons. The van der Waals surface area contributed by atoms with Crippen LogP contribution in [0.3, 0.4) is 0 Å². The minimum Gasteiger partial charge on any atom is -0.478 e. The average molecular weight is 387 g/mol. The molecule has 2 aromatic carbocycles. The van der Waals surface area contributed by atoms with E-state index in [0.29, 0.717) is 29.5 Å². The van der Waals surface area contributed by atoms with E-state index < -0.39 is 5.97 Å². The largest absolute Gasteiger partial charge is 0.478 e. The van der Waals surface area contributed by atoms with Gasteiger partial charge in [-0.1, -0.05) is 48.5 Å². The monoisotopic (exact) mass is 387 g/mol. The molecule has 0 unspecified atom stereocenters. The fourth-order valence-corrected chi connectivity index (χ4v) is 3.68. The van der Waals surface area contributed by atoms with E-state index in [1.165, 1.54) is 17.8 Å². The molecule has 146 valence electrons. The molecular formula is C23H21N3O3. The number of pyridine rings is 1. The first-order valence-corrected chi connectivity index (χ1v) is 9.51. The number of carboxylic acids is 1. The number of carboxylic acid groups (broad SMARTS) is 1. The summed E-state index contributed by atoms with van der Waals surface area (Å²) in [4.78, 5) is 30.6. The molecule has 1 fully saturated rings. The number of nitrogens with one attached hydrogen (secondary N) is 1. The predicted octanol–water partition coefficient (Wildman–Crippen LogP) is 4.03. The van der Waals surface area contributed by atoms with Crippen LogP contribution in [-0.2, 0) is 0 Å². The van der Waals surface area contributed by atoms with Crippen molar-refractivity contribution in [2.75, 3.05) is 23.3 Å². The molecule has 1 atom stereocenters. The molecule has 1 aromatic heterocycles. The van der Waals surface area contributed by atoms with Crippen molar-refractivity contribution >= 4 is 23.4 Å². The summed E-state index contributed by atoms with van der Waals surface area (Å²) in [5.74, 6) is -0.584. The van der Waals surface area contributed by atoms with Gasteiger partial charge in [0.25, 0.3) is 5.91 Å². The van der Waals surface area contributed by atoms with Crippen LogP contribution in [-0.4, -0.2) is 35.1 Å². The molecule has 4 rings (SSSR count). The van der Waals surface area contributed by atoms with E-state index in [1.807, 2.05) is 29.2 Å². The van der Waals surface area contributed by atoms with Crippen LogP contribution in [0, 0.1) is 0 Å². The third-order valence-electron chi connectivity index (χ3n) is 5.15. The normalized spacial score (nSPS) is 15.9. The van der Waals surface area contributed by atoms with E-state index in [-0.39, 0.29) is 11.5 Å². The Hall–Kier alpha value is -3.67. The van der Waals surface area contributed by atoms with Gasteiger partial charge in [0.2, 0.25) is 0 Å². The number of nitrogens with zero attached hydrogens (tertiary/aromatic N) is 2. The van der Waals surface area contributed by atoms with Crippen LogP contribution in [0.1, 0.15) is 38.6 Å². The maximum Gasteiger partial charge on any atom is 0.339 e. The van der Waals surface area contributed by atoms with Crippen molar-refractivity contribution in [1.29, 1.82) is 0 Å². The number of amides is 1. The van der Waals surface area contributed by atoms with Gasteiger partial charge in [-0.2, -0.15) is 0 Å². The van der Waals surface area contributed by atoms with Gasteiger partial charge in [-0.25, -0.2) is 9.78 Å². The van der Waals surface area contributed by atoms with Gasteiger partial charge < -0.3 is 15.3 Å². The lowest BCUT2D eigenvalue weighted by atomic mass is 9.99. The van der Waals surface area contributed by atoms with E-state index >= 15 is 0 Å². The lowest BCUT2D eigenvalue weighted by molar-refractivity contribution is 0.0697. The standard InChI is InChI=1S/C23H21N3O3/c27-22(17-9-5-2-6-10-17)25-19-13-20(23(28)29)21(24-14-19)26-12-11-18(15-26)16-7-3-1-4-8-16/h1-10,13-14,18H,11-12,15H2,(H,25,27)(H,28,29)/t18-/m0/s1. The van der Waals surface area contributed by atoms with Crippen LogP contribution in [0.2, 0.25) is 0 Å². The van der Waals surface area contributed by atoms with Gasteiger partial charge in [-0.15, -0.1) is 0 Å². The maximum atomic E-state index is 12.3. The SMILES string of the molecule is O=C(Nc1cnc(N2CC[C@H](c3ccccc3)C2)c(C(=O)O)c1)c1ccccc1. The summed E-state index contributed by atoms with van der Waals surface area (Å²) in [5.41, 5.74) is 2.20. The summed E-state index contributed by atoms with van der Waals surface area (Å²) in [7, 11) is 0. The van der Waals surface area contributed by atoms with Crippen molar-refractivity contribution in [3.05, 3.63) is 89.6 Å². The number of benzene rings is 2. The predicted molar refractivity (Wildman–Crippen MR) is 112 cm³/mol. The molecule has 2 heterocycles. The molecule has 0 spiro atoms. The first kappa shape index (κ1) is 18.7. The number of carbonyl (C=O) groups is 2. The summed E-state index contributed by atoms with van der Waals surface area (Å²) in [6.45, 7) is 1.45. The molecule has 6 heteroatoms. The van der Waals surface area contributed by atoms with Gasteiger partial charge in [0.05, 0.1) is 11.9 Å². The zero-order valence-corrected chi connectivity index (χ0v) is 15.8. The van der Waals surface area contributed by atoms with E-state index in [2.05, 4.69) is 22.4 Å². The fraction of sp³-hybridized carbons (Fsp3) is 0.174. The molecule has 29 heavy (non-hydrogen) atoms. The number of hydrogen-bond acceptors (Lipinski definition) is 4. The molecule has 6 nitrogen and oxygen atoms in total. The quantitative estimate of drug-likeness (QED) is 0.691. The Balaban J connectivity index is 1.54. The Kier molecular flexibility index (Phi) is 5.24. The van der Waals surface area contributed by atoms with E-state index in [9.17, 15) is 14.7 Å². The van der Waals surface area contributed by atoms with Gasteiger partial charge >= 0.3 is 5.97 Å². The van der Waals surface area contributed by atoms with Crippen LogP contribution in [0.4, 0.5) is 11.5 Å². The van der Waals surface area contributed by atoms with E-state index in [1.54, 1.807) is 24.3 Å². The average Bonchev–Trinajstić information content (AvgIpc) is 3.25. The van der Waals surface area contributed by atoms with Crippen molar-refractivity contribution in [3.63, 3.8) is 0 Å². The maximum absolute atomic E-state index is 12.3. The Labute approximate surface area is 168 Å². The second kappa shape index (κ2) is 8.14. The Bertz CT molecular complexity index is 1020. The molecule has 1 amide bonds. The molecule has 2 N–H and O–H groups in total. The molecule has 1 saturated heterocycles. The highest BCUT2D eigenvalue weighted by atomic mass is 16.4. The van der Waals surface area contributed by atoms with Crippen molar-refractivity contribution < 1.29 is 14.7 Å². The second-order valence-corrected chi connectivity index (χ2v) is 7.06. The number of aromatic carboxylic acids is 1. The van der Waals surface area contributed by atoms with Crippen LogP contribution in [0.15, 0.2) is 72.9 Å². The van der Waals surface area contributed by atoms with Gasteiger partial charge in [0.15, 0.2) is 0 Å². The second-order valence-electron chi connectivity index (χ2n) is 7.06. The third kappa shape index (κ3) is 4.11. The van der Waals surface area contributed by atoms with E-state index in [4.69, 9.17) is 0 Å². The molecule has 3 aromatic rings. The van der Waals surface area contributed by atoms with Gasteiger partial charge in [0, 0.05) is 24.6 Å². The fourth-order valence-electron chi connectivity index (χ4n) is 3.68. The van der Waals surface area contributed by atoms with Crippen molar-refractivity contribution in [2.24, 2.45) is 0 Å². The van der Waals surface area contributed by atoms with Crippen LogP contribution in [0.25, 0.3) is 0 Å². The minimum absolute atomic E-state index is 0.0876. The Morgan fingerprint density at radius 3 is 2.41 bits per heavy atom. The summed E-state index contributed by atoms with van der Waals surface area (Å²) >= 11 is 0. The molecule has 1 aliphatic heterocycles. The molecule has 0 aliphatic carbocycles. The smallest absolute Gasteiger partial charge is 0.339 e. The minimum atomic E-state index is -1.06. The van der Waals surface area contributed by atoms with Crippen molar-refractivity contribution in [1.82, 2.24) is 4.98 Å². The number of anilines is 2. The Morgan fingerprint density at radius 1 is 1.03 bits per heavy atom. The first-order chi connectivity index (χ1) is 14.1. The topological polar surface area (TPSA) is 82.5 Å². The summed E-state index contributed by atoms with van der Waals surface area (Å²) in [5, 5.41) is 12.4. The zero-order valence-electron chi connectivity index (χ0n) is 15.8. The van der Waals surface area contributed by atoms with E-state index in [0.717, 1.165) is 13.0 Å². The summed E-state index contributed by atoms with van der Waals surface area (Å²) in [6.07, 6.45) is 2.45. The molecule has 1 aliphatic rings. The number of aromatic nitrogens is 1. The third-order valence-corrected chi connectivity index (χ3v) is 5.15. The Morgan fingerprint density at radius 2 is 1.72 bits per heavy atom. The number of rotatable bonds is 5. The highest BCUT2D eigenvalue weighted by Gasteiger charge is 2.28. The van der Waals surface area contributed by atoms with Crippen molar-refractivity contribution in [3.8, 4) is 0 Å². The summed E-state index contributed by atoms with van der Waals surface area (Å²) in [6, 6.07) is 20.5. The lowest BCUT2D eigenvalue weighted by Crippen LogP contribution is -2.23. The first-order valence-electron chi connectivity index (χ1n) is 9.51. The number of carbonyl (C=O) groups excluding carboxylic acids is 1. The molecule has 0 saturated carbocycles. The zero-order chi connectivity index (χ0) is 20.2. The highest BCUT2D eigenvalue weighted by molar-refractivity contribution is 6.05. The highest BCUT2D eigenvalue weighted by Crippen LogP contribution is 2.32. The number of hydrogen-bond donors (Lipinski definition) is 2. The molecular weight excluding hydrogens is 366 g/mol. The van der Waals surface area contributed by atoms with Crippen molar-refractivity contribution in [2.45, 2.75) is 12.3 Å². The van der Waals surface area contributed by atoms with Crippen LogP contribution < -0.4 is 10.2 Å². The lowest BCUT2D eigenvalue weighted by Gasteiger charge is -2.20. The van der Waals surface area contributed by atoms with Gasteiger partial charge in [-0.05, 0) is 30.2 Å². The van der Waals surface area contributed by atoms with Crippen LogP contribution >= 0.6 is 0 Å². The van der Waals surface area contributed by atoms with Gasteiger partial charge in [-0.3, -0.25) is 4.79 Å². The van der Waals surface area contributed by atoms with Gasteiger partial charge in [0.1, 0.15) is 11.4 Å².